The Kier molecular flexibility index (Phi) is 4.12. The summed E-state index contributed by atoms with van der Waals surface area (Å²) >= 11 is 1.72. The predicted octanol–water partition coefficient (Wildman–Crippen LogP) is 1.31. The number of hydrogen-bond acceptors (Lipinski definition) is 5. The van der Waals surface area contributed by atoms with E-state index in [1.165, 1.54) is 4.88 Å². The molecule has 0 bridgehead atoms. The molecule has 0 unspecified atom stereocenters. The molecular formula is C13H21N3O2S2. The smallest absolute Gasteiger partial charge is 0.214 e. The standard InChI is InChI=1S/C13H21N3O2S2/c1-11-14-8-13(19-11)9-15-4-6-16(7-5-15)20(17,18)10-12-2-3-12/h8,12H,2-7,9-10H2,1H3. The first-order valence-corrected chi connectivity index (χ1v) is 9.57. The molecule has 0 spiro atoms. The van der Waals surface area contributed by atoms with Gasteiger partial charge in [0.25, 0.3) is 0 Å². The Bertz CT molecular complexity index is 558. The van der Waals surface area contributed by atoms with Crippen LogP contribution in [-0.4, -0.2) is 54.5 Å². The molecule has 1 saturated heterocycles. The number of piperazine rings is 1. The van der Waals surface area contributed by atoms with Gasteiger partial charge >= 0.3 is 0 Å². The van der Waals surface area contributed by atoms with Gasteiger partial charge in [0.1, 0.15) is 0 Å². The third-order valence-electron chi connectivity index (χ3n) is 3.92. The summed E-state index contributed by atoms with van der Waals surface area (Å²) in [6.07, 6.45) is 4.10. The summed E-state index contributed by atoms with van der Waals surface area (Å²) < 4.78 is 26.1. The summed E-state index contributed by atoms with van der Waals surface area (Å²) in [5.74, 6) is 0.791. The summed E-state index contributed by atoms with van der Waals surface area (Å²) in [7, 11) is -3.02. The zero-order chi connectivity index (χ0) is 14.2. The Morgan fingerprint density at radius 2 is 2.00 bits per heavy atom. The quantitative estimate of drug-likeness (QED) is 0.822. The maximum absolute atomic E-state index is 12.2. The Labute approximate surface area is 124 Å². The average molecular weight is 315 g/mol. The van der Waals surface area contributed by atoms with Gasteiger partial charge in [0.15, 0.2) is 0 Å². The molecule has 20 heavy (non-hydrogen) atoms. The maximum Gasteiger partial charge on any atom is 0.214 e. The van der Waals surface area contributed by atoms with Gasteiger partial charge in [0.05, 0.1) is 10.8 Å². The fraction of sp³-hybridized carbons (Fsp3) is 0.769. The molecule has 3 rings (SSSR count). The van der Waals surface area contributed by atoms with Crippen LogP contribution in [0, 0.1) is 12.8 Å². The van der Waals surface area contributed by atoms with Crippen molar-refractivity contribution in [2.75, 3.05) is 31.9 Å². The lowest BCUT2D eigenvalue weighted by atomic mass is 10.3. The van der Waals surface area contributed by atoms with Gasteiger partial charge in [-0.25, -0.2) is 13.4 Å². The monoisotopic (exact) mass is 315 g/mol. The highest BCUT2D eigenvalue weighted by Crippen LogP contribution is 2.31. The molecule has 1 saturated carbocycles. The van der Waals surface area contributed by atoms with E-state index in [0.717, 1.165) is 37.5 Å². The van der Waals surface area contributed by atoms with Gasteiger partial charge < -0.3 is 0 Å². The van der Waals surface area contributed by atoms with Gasteiger partial charge in [-0.2, -0.15) is 4.31 Å². The molecule has 112 valence electrons. The number of aryl methyl sites for hydroxylation is 1. The molecule has 0 amide bonds. The highest BCUT2D eigenvalue weighted by atomic mass is 32.2. The van der Waals surface area contributed by atoms with Crippen molar-refractivity contribution in [3.05, 3.63) is 16.1 Å². The molecular weight excluding hydrogens is 294 g/mol. The zero-order valence-electron chi connectivity index (χ0n) is 11.8. The summed E-state index contributed by atoms with van der Waals surface area (Å²) in [5, 5.41) is 1.09. The van der Waals surface area contributed by atoms with E-state index in [0.29, 0.717) is 24.8 Å². The fourth-order valence-corrected chi connectivity index (χ4v) is 5.25. The van der Waals surface area contributed by atoms with Crippen LogP contribution in [0.5, 0.6) is 0 Å². The van der Waals surface area contributed by atoms with Gasteiger partial charge in [0.2, 0.25) is 10.0 Å². The Morgan fingerprint density at radius 3 is 2.55 bits per heavy atom. The lowest BCUT2D eigenvalue weighted by Gasteiger charge is -2.33. The first kappa shape index (κ1) is 14.4. The largest absolute Gasteiger partial charge is 0.296 e. The lowest BCUT2D eigenvalue weighted by molar-refractivity contribution is 0.182. The van der Waals surface area contributed by atoms with Crippen LogP contribution in [0.1, 0.15) is 22.7 Å². The number of thiazole rings is 1. The van der Waals surface area contributed by atoms with E-state index in [2.05, 4.69) is 9.88 Å². The molecule has 7 heteroatoms. The Hall–Kier alpha value is -0.500. The van der Waals surface area contributed by atoms with E-state index in [1.54, 1.807) is 15.6 Å². The number of rotatable bonds is 5. The Balaban J connectivity index is 1.51. The van der Waals surface area contributed by atoms with Gasteiger partial charge in [-0.05, 0) is 25.7 Å². The second-order valence-electron chi connectivity index (χ2n) is 5.74. The van der Waals surface area contributed by atoms with Crippen LogP contribution in [0.3, 0.4) is 0 Å². The SMILES string of the molecule is Cc1ncc(CN2CCN(S(=O)(=O)CC3CC3)CC2)s1. The molecule has 2 fully saturated rings. The summed E-state index contributed by atoms with van der Waals surface area (Å²) in [6, 6.07) is 0. The molecule has 0 atom stereocenters. The molecule has 1 aliphatic heterocycles. The van der Waals surface area contributed by atoms with Crippen molar-refractivity contribution < 1.29 is 8.42 Å². The normalized spacial score (nSPS) is 22.2. The number of sulfonamides is 1. The molecule has 2 heterocycles. The predicted molar refractivity (Wildman–Crippen MR) is 80.2 cm³/mol. The highest BCUT2D eigenvalue weighted by molar-refractivity contribution is 7.89. The van der Waals surface area contributed by atoms with Crippen molar-refractivity contribution in [1.82, 2.24) is 14.2 Å². The Morgan fingerprint density at radius 1 is 1.30 bits per heavy atom. The van der Waals surface area contributed by atoms with Gasteiger partial charge in [-0.1, -0.05) is 0 Å². The van der Waals surface area contributed by atoms with E-state index in [1.807, 2.05) is 13.1 Å². The molecule has 2 aliphatic rings. The van der Waals surface area contributed by atoms with Crippen molar-refractivity contribution in [3.63, 3.8) is 0 Å². The summed E-state index contributed by atoms with van der Waals surface area (Å²) in [6.45, 7) is 5.81. The molecule has 0 aromatic carbocycles. The van der Waals surface area contributed by atoms with Crippen LogP contribution in [0.25, 0.3) is 0 Å². The van der Waals surface area contributed by atoms with Crippen LogP contribution < -0.4 is 0 Å². The third-order valence-corrected chi connectivity index (χ3v) is 6.86. The third kappa shape index (κ3) is 3.58. The fourth-order valence-electron chi connectivity index (χ4n) is 2.55. The van der Waals surface area contributed by atoms with Crippen LogP contribution in [-0.2, 0) is 16.6 Å². The van der Waals surface area contributed by atoms with Crippen molar-refractivity contribution >= 4 is 21.4 Å². The molecule has 0 radical (unpaired) electrons. The topological polar surface area (TPSA) is 53.5 Å². The van der Waals surface area contributed by atoms with Crippen molar-refractivity contribution in [2.45, 2.75) is 26.3 Å². The summed E-state index contributed by atoms with van der Waals surface area (Å²) in [4.78, 5) is 7.84. The number of aromatic nitrogens is 1. The lowest BCUT2D eigenvalue weighted by Crippen LogP contribution is -2.48. The molecule has 1 aliphatic carbocycles. The van der Waals surface area contributed by atoms with Gasteiger partial charge in [-0.3, -0.25) is 4.90 Å². The van der Waals surface area contributed by atoms with Crippen LogP contribution in [0.4, 0.5) is 0 Å². The average Bonchev–Trinajstić information content (AvgIpc) is 3.11. The second-order valence-corrected chi connectivity index (χ2v) is 9.08. The van der Waals surface area contributed by atoms with E-state index in [-0.39, 0.29) is 0 Å². The highest BCUT2D eigenvalue weighted by Gasteiger charge is 2.33. The molecule has 1 aromatic rings. The zero-order valence-corrected chi connectivity index (χ0v) is 13.4. The van der Waals surface area contributed by atoms with E-state index >= 15 is 0 Å². The minimum Gasteiger partial charge on any atom is -0.296 e. The van der Waals surface area contributed by atoms with Crippen LogP contribution in [0.15, 0.2) is 6.20 Å². The van der Waals surface area contributed by atoms with Crippen molar-refractivity contribution in [3.8, 4) is 0 Å². The molecule has 0 N–H and O–H groups in total. The minimum atomic E-state index is -3.02. The van der Waals surface area contributed by atoms with Crippen LogP contribution in [0.2, 0.25) is 0 Å². The molecule has 1 aromatic heterocycles. The van der Waals surface area contributed by atoms with E-state index in [4.69, 9.17) is 0 Å². The van der Waals surface area contributed by atoms with Gasteiger partial charge in [-0.15, -0.1) is 11.3 Å². The summed E-state index contributed by atoms with van der Waals surface area (Å²) in [5.41, 5.74) is 0. The van der Waals surface area contributed by atoms with E-state index in [9.17, 15) is 8.42 Å². The minimum absolute atomic E-state index is 0.362. The number of nitrogens with zero attached hydrogens (tertiary/aromatic N) is 3. The first-order chi connectivity index (χ1) is 9.53. The molecule has 5 nitrogen and oxygen atoms in total. The van der Waals surface area contributed by atoms with Crippen molar-refractivity contribution in [2.24, 2.45) is 5.92 Å². The second kappa shape index (κ2) is 5.71. The first-order valence-electron chi connectivity index (χ1n) is 7.14. The van der Waals surface area contributed by atoms with E-state index < -0.39 is 10.0 Å². The van der Waals surface area contributed by atoms with Crippen molar-refractivity contribution in [1.29, 1.82) is 0 Å². The van der Waals surface area contributed by atoms with Crippen LogP contribution >= 0.6 is 11.3 Å². The number of hydrogen-bond donors (Lipinski definition) is 0. The van der Waals surface area contributed by atoms with Gasteiger partial charge in [0, 0.05) is 43.8 Å². The maximum atomic E-state index is 12.2.